The summed E-state index contributed by atoms with van der Waals surface area (Å²) < 4.78 is 5.71. The molecule has 0 aliphatic heterocycles. The number of rotatable bonds is 8. The summed E-state index contributed by atoms with van der Waals surface area (Å²) in [5.74, 6) is 1.20. The predicted octanol–water partition coefficient (Wildman–Crippen LogP) is 4.54. The van der Waals surface area contributed by atoms with Gasteiger partial charge in [0.05, 0.1) is 6.61 Å². The highest BCUT2D eigenvalue weighted by Crippen LogP contribution is 2.33. The summed E-state index contributed by atoms with van der Waals surface area (Å²) in [6, 6.07) is 10.2. The lowest BCUT2D eigenvalue weighted by atomic mass is 9.74. The molecule has 0 heterocycles. The van der Waals surface area contributed by atoms with E-state index in [9.17, 15) is 4.79 Å². The molecule has 1 aromatic carbocycles. The fourth-order valence-electron chi connectivity index (χ4n) is 3.25. The van der Waals surface area contributed by atoms with Gasteiger partial charge in [0.1, 0.15) is 5.78 Å². The maximum atomic E-state index is 12.1. The highest BCUT2D eigenvalue weighted by Gasteiger charge is 2.30. The molecule has 1 aliphatic rings. The molecule has 0 spiro atoms. The average Bonchev–Trinajstić information content (AvgIpc) is 2.51. The minimum absolute atomic E-state index is 0.233. The van der Waals surface area contributed by atoms with Gasteiger partial charge in [0.25, 0.3) is 0 Å². The summed E-state index contributed by atoms with van der Waals surface area (Å²) in [6.07, 6.45) is 7.86. The van der Waals surface area contributed by atoms with Crippen LogP contribution in [-0.4, -0.2) is 12.4 Å². The van der Waals surface area contributed by atoms with Crippen LogP contribution in [0.15, 0.2) is 43.0 Å². The number of allylic oxidation sites excluding steroid dienone is 1. The van der Waals surface area contributed by atoms with Crippen LogP contribution in [0.4, 0.5) is 0 Å². The zero-order valence-corrected chi connectivity index (χ0v) is 12.8. The summed E-state index contributed by atoms with van der Waals surface area (Å²) in [6.45, 7) is 5.22. The third-order valence-electron chi connectivity index (χ3n) is 4.37. The highest BCUT2D eigenvalue weighted by atomic mass is 16.5. The normalized spacial score (nSPS) is 22.2. The Kier molecular flexibility index (Phi) is 6.68. The maximum absolute atomic E-state index is 12.1. The fourth-order valence-corrected chi connectivity index (χ4v) is 3.25. The number of carbonyl (C=O) groups is 1. The Hall–Kier alpha value is -1.41. The van der Waals surface area contributed by atoms with Gasteiger partial charge in [0, 0.05) is 18.9 Å². The molecule has 0 amide bonds. The van der Waals surface area contributed by atoms with Gasteiger partial charge in [-0.25, -0.2) is 0 Å². The topological polar surface area (TPSA) is 26.3 Å². The largest absolute Gasteiger partial charge is 0.377 e. The first-order valence-corrected chi connectivity index (χ1v) is 8.06. The molecular weight excluding hydrogens is 260 g/mol. The Labute approximate surface area is 128 Å². The van der Waals surface area contributed by atoms with Crippen LogP contribution in [0.5, 0.6) is 0 Å². The first-order chi connectivity index (χ1) is 10.3. The van der Waals surface area contributed by atoms with Crippen LogP contribution >= 0.6 is 0 Å². The number of hydrogen-bond acceptors (Lipinski definition) is 2. The second-order valence-electron chi connectivity index (χ2n) is 5.93. The van der Waals surface area contributed by atoms with Crippen molar-refractivity contribution in [3.8, 4) is 0 Å². The van der Waals surface area contributed by atoms with Gasteiger partial charge in [-0.3, -0.25) is 4.79 Å². The fraction of sp³-hybridized carbons (Fsp3) is 0.526. The van der Waals surface area contributed by atoms with Gasteiger partial charge in [-0.15, -0.1) is 6.58 Å². The van der Waals surface area contributed by atoms with E-state index in [4.69, 9.17) is 4.74 Å². The van der Waals surface area contributed by atoms with Crippen molar-refractivity contribution in [1.29, 1.82) is 0 Å². The van der Waals surface area contributed by atoms with Gasteiger partial charge >= 0.3 is 0 Å². The average molecular weight is 286 g/mol. The van der Waals surface area contributed by atoms with Crippen LogP contribution in [0.1, 0.15) is 44.1 Å². The first kappa shape index (κ1) is 16.0. The zero-order valence-electron chi connectivity index (χ0n) is 12.8. The molecule has 21 heavy (non-hydrogen) atoms. The third kappa shape index (κ3) is 5.13. The Morgan fingerprint density at radius 3 is 2.86 bits per heavy atom. The zero-order chi connectivity index (χ0) is 14.9. The van der Waals surface area contributed by atoms with E-state index in [1.807, 2.05) is 24.3 Å². The number of Topliss-reactive ketones (excluding diaryl/α,β-unsaturated/α-hetero) is 1. The van der Waals surface area contributed by atoms with Crippen molar-refractivity contribution >= 4 is 5.78 Å². The monoisotopic (exact) mass is 286 g/mol. The van der Waals surface area contributed by atoms with Crippen LogP contribution in [0.25, 0.3) is 0 Å². The molecule has 2 rings (SSSR count). The Balaban J connectivity index is 1.68. The van der Waals surface area contributed by atoms with Crippen molar-refractivity contribution in [2.75, 3.05) is 6.61 Å². The van der Waals surface area contributed by atoms with Crippen molar-refractivity contribution in [2.45, 2.75) is 45.1 Å². The van der Waals surface area contributed by atoms with Crippen LogP contribution in [0.2, 0.25) is 0 Å². The van der Waals surface area contributed by atoms with E-state index >= 15 is 0 Å². The Bertz CT molecular complexity index is 438. The van der Waals surface area contributed by atoms with Crippen molar-refractivity contribution in [2.24, 2.45) is 11.8 Å². The van der Waals surface area contributed by atoms with E-state index < -0.39 is 0 Å². The van der Waals surface area contributed by atoms with E-state index in [0.29, 0.717) is 18.3 Å². The molecule has 1 fully saturated rings. The molecule has 0 unspecified atom stereocenters. The van der Waals surface area contributed by atoms with Crippen molar-refractivity contribution in [3.63, 3.8) is 0 Å². The molecule has 2 atom stereocenters. The van der Waals surface area contributed by atoms with Crippen LogP contribution in [0, 0.1) is 11.8 Å². The first-order valence-electron chi connectivity index (χ1n) is 8.06. The van der Waals surface area contributed by atoms with Gasteiger partial charge in [0.2, 0.25) is 0 Å². The molecule has 1 aliphatic carbocycles. The molecule has 1 saturated carbocycles. The molecule has 0 radical (unpaired) electrons. The molecule has 2 nitrogen and oxygen atoms in total. The Morgan fingerprint density at radius 2 is 2.10 bits per heavy atom. The highest BCUT2D eigenvalue weighted by molar-refractivity contribution is 5.82. The van der Waals surface area contributed by atoms with Gasteiger partial charge in [-0.2, -0.15) is 0 Å². The van der Waals surface area contributed by atoms with Gasteiger partial charge in [-0.1, -0.05) is 36.4 Å². The van der Waals surface area contributed by atoms with Gasteiger partial charge < -0.3 is 4.74 Å². The molecule has 0 N–H and O–H groups in total. The third-order valence-corrected chi connectivity index (χ3v) is 4.37. The second kappa shape index (κ2) is 8.78. The van der Waals surface area contributed by atoms with E-state index in [2.05, 4.69) is 18.7 Å². The summed E-state index contributed by atoms with van der Waals surface area (Å²) >= 11 is 0. The van der Waals surface area contributed by atoms with Crippen molar-refractivity contribution in [1.82, 2.24) is 0 Å². The van der Waals surface area contributed by atoms with Gasteiger partial charge in [0.15, 0.2) is 0 Å². The standard InChI is InChI=1S/C19H26O2/c1-2-8-17-11-6-13-19(20)18(17)12-7-14-21-15-16-9-4-3-5-10-16/h2-5,9-10,17-18H,1,6-8,11-15H2/t17-,18+/m1/s1. The summed E-state index contributed by atoms with van der Waals surface area (Å²) in [5.41, 5.74) is 1.20. The number of hydrogen-bond donors (Lipinski definition) is 0. The maximum Gasteiger partial charge on any atom is 0.136 e. The molecule has 0 saturated heterocycles. The summed E-state index contributed by atoms with van der Waals surface area (Å²) in [5, 5.41) is 0. The van der Waals surface area contributed by atoms with Crippen molar-refractivity contribution < 1.29 is 9.53 Å². The SMILES string of the molecule is C=CC[C@@H]1CCCC(=O)[C@H]1CCCOCc1ccccc1. The summed E-state index contributed by atoms with van der Waals surface area (Å²) in [4.78, 5) is 12.1. The predicted molar refractivity (Wildman–Crippen MR) is 86.0 cm³/mol. The number of carbonyl (C=O) groups excluding carboxylic acids is 1. The van der Waals surface area contributed by atoms with E-state index in [-0.39, 0.29) is 5.92 Å². The lowest BCUT2D eigenvalue weighted by Gasteiger charge is -2.29. The van der Waals surface area contributed by atoms with Crippen LogP contribution in [0.3, 0.4) is 0 Å². The number of benzene rings is 1. The van der Waals surface area contributed by atoms with E-state index in [1.165, 1.54) is 12.0 Å². The second-order valence-corrected chi connectivity index (χ2v) is 5.93. The Morgan fingerprint density at radius 1 is 1.29 bits per heavy atom. The smallest absolute Gasteiger partial charge is 0.136 e. The lowest BCUT2D eigenvalue weighted by molar-refractivity contribution is -0.127. The molecular formula is C19H26O2. The van der Waals surface area contributed by atoms with Crippen molar-refractivity contribution in [3.05, 3.63) is 48.6 Å². The van der Waals surface area contributed by atoms with Crippen LogP contribution in [-0.2, 0) is 16.1 Å². The summed E-state index contributed by atoms with van der Waals surface area (Å²) in [7, 11) is 0. The van der Waals surface area contributed by atoms with Crippen LogP contribution < -0.4 is 0 Å². The van der Waals surface area contributed by atoms with E-state index in [0.717, 1.165) is 38.7 Å². The van der Waals surface area contributed by atoms with E-state index in [1.54, 1.807) is 0 Å². The molecule has 2 heteroatoms. The molecule has 114 valence electrons. The molecule has 0 bridgehead atoms. The molecule has 1 aromatic rings. The minimum Gasteiger partial charge on any atom is -0.377 e. The quantitative estimate of drug-likeness (QED) is 0.518. The lowest BCUT2D eigenvalue weighted by Crippen LogP contribution is -2.28. The number of ketones is 1. The number of ether oxygens (including phenoxy) is 1. The van der Waals surface area contributed by atoms with Gasteiger partial charge in [-0.05, 0) is 43.6 Å². The molecule has 0 aromatic heterocycles. The minimum atomic E-state index is 0.233.